The fraction of sp³-hybridized carbons (Fsp3) is 0.400. The Morgan fingerprint density at radius 1 is 1.25 bits per heavy atom. The lowest BCUT2D eigenvalue weighted by Crippen LogP contribution is -2.09. The molecule has 6 nitrogen and oxygen atoms in total. The standard InChI is InChI=1S/C10H14N6/c1-7-8(2)14-15-10(13-7)11-6-9-4-5-12-16(9)3/h4-5H,6H2,1-3H3,(H,11,13,15). The van der Waals surface area contributed by atoms with Gasteiger partial charge >= 0.3 is 0 Å². The van der Waals surface area contributed by atoms with Gasteiger partial charge in [-0.15, -0.1) is 5.10 Å². The molecular formula is C10H14N6. The van der Waals surface area contributed by atoms with Crippen LogP contribution in [-0.2, 0) is 13.6 Å². The van der Waals surface area contributed by atoms with Crippen LogP contribution in [0, 0.1) is 13.8 Å². The van der Waals surface area contributed by atoms with Gasteiger partial charge in [0.2, 0.25) is 5.95 Å². The van der Waals surface area contributed by atoms with Crippen LogP contribution >= 0.6 is 0 Å². The third-order valence-corrected chi connectivity index (χ3v) is 2.44. The van der Waals surface area contributed by atoms with Gasteiger partial charge in [-0.1, -0.05) is 0 Å². The number of aromatic nitrogens is 5. The average Bonchev–Trinajstić information content (AvgIpc) is 2.66. The maximum Gasteiger partial charge on any atom is 0.243 e. The highest BCUT2D eigenvalue weighted by molar-refractivity contribution is 5.25. The molecular weight excluding hydrogens is 204 g/mol. The Kier molecular flexibility index (Phi) is 2.80. The number of anilines is 1. The third-order valence-electron chi connectivity index (χ3n) is 2.44. The molecule has 0 unspecified atom stereocenters. The summed E-state index contributed by atoms with van der Waals surface area (Å²) < 4.78 is 1.81. The first-order valence-corrected chi connectivity index (χ1v) is 5.05. The zero-order valence-electron chi connectivity index (χ0n) is 9.60. The minimum Gasteiger partial charge on any atom is -0.347 e. The van der Waals surface area contributed by atoms with Gasteiger partial charge in [0.15, 0.2) is 0 Å². The lowest BCUT2D eigenvalue weighted by atomic mass is 10.4. The summed E-state index contributed by atoms with van der Waals surface area (Å²) in [4.78, 5) is 4.29. The summed E-state index contributed by atoms with van der Waals surface area (Å²) >= 11 is 0. The van der Waals surface area contributed by atoms with Gasteiger partial charge in [0.25, 0.3) is 0 Å². The van der Waals surface area contributed by atoms with E-state index in [2.05, 4.69) is 25.6 Å². The highest BCUT2D eigenvalue weighted by Gasteiger charge is 2.02. The molecule has 0 bridgehead atoms. The Balaban J connectivity index is 2.05. The van der Waals surface area contributed by atoms with E-state index < -0.39 is 0 Å². The summed E-state index contributed by atoms with van der Waals surface area (Å²) in [6, 6.07) is 1.95. The molecule has 2 aromatic heterocycles. The number of rotatable bonds is 3. The van der Waals surface area contributed by atoms with Crippen LogP contribution in [0.3, 0.4) is 0 Å². The van der Waals surface area contributed by atoms with Crippen molar-refractivity contribution in [2.24, 2.45) is 7.05 Å². The van der Waals surface area contributed by atoms with E-state index in [1.165, 1.54) is 0 Å². The number of nitrogens with one attached hydrogen (secondary N) is 1. The van der Waals surface area contributed by atoms with E-state index >= 15 is 0 Å². The fourth-order valence-corrected chi connectivity index (χ4v) is 1.28. The molecule has 0 atom stereocenters. The number of hydrogen-bond acceptors (Lipinski definition) is 5. The van der Waals surface area contributed by atoms with E-state index in [0.717, 1.165) is 17.1 Å². The molecule has 0 aliphatic carbocycles. The van der Waals surface area contributed by atoms with Crippen LogP contribution in [0.15, 0.2) is 12.3 Å². The second-order valence-electron chi connectivity index (χ2n) is 3.61. The van der Waals surface area contributed by atoms with Crippen molar-refractivity contribution in [3.63, 3.8) is 0 Å². The zero-order valence-corrected chi connectivity index (χ0v) is 9.60. The molecule has 6 heteroatoms. The third kappa shape index (κ3) is 2.16. The van der Waals surface area contributed by atoms with E-state index in [-0.39, 0.29) is 0 Å². The summed E-state index contributed by atoms with van der Waals surface area (Å²) in [5.74, 6) is 0.546. The van der Waals surface area contributed by atoms with E-state index in [1.807, 2.05) is 31.6 Å². The maximum atomic E-state index is 4.29. The molecule has 2 heterocycles. The molecule has 2 rings (SSSR count). The first kappa shape index (κ1) is 10.5. The summed E-state index contributed by atoms with van der Waals surface area (Å²) in [6.45, 7) is 4.44. The van der Waals surface area contributed by atoms with Gasteiger partial charge in [-0.25, -0.2) is 4.98 Å². The molecule has 0 spiro atoms. The number of hydrogen-bond donors (Lipinski definition) is 1. The monoisotopic (exact) mass is 218 g/mol. The van der Waals surface area contributed by atoms with Crippen molar-refractivity contribution >= 4 is 5.95 Å². The zero-order chi connectivity index (χ0) is 11.5. The van der Waals surface area contributed by atoms with Crippen LogP contribution in [0.25, 0.3) is 0 Å². The Labute approximate surface area is 93.7 Å². The van der Waals surface area contributed by atoms with E-state index in [0.29, 0.717) is 12.5 Å². The van der Waals surface area contributed by atoms with Crippen molar-refractivity contribution in [1.82, 2.24) is 25.0 Å². The molecule has 1 N–H and O–H groups in total. The number of nitrogens with zero attached hydrogens (tertiary/aromatic N) is 5. The largest absolute Gasteiger partial charge is 0.347 e. The average molecular weight is 218 g/mol. The predicted octanol–water partition coefficient (Wildman–Crippen LogP) is 0.834. The topological polar surface area (TPSA) is 68.5 Å². The van der Waals surface area contributed by atoms with E-state index in [4.69, 9.17) is 0 Å². The first-order chi connectivity index (χ1) is 7.66. The first-order valence-electron chi connectivity index (χ1n) is 5.05. The molecule has 0 aliphatic heterocycles. The van der Waals surface area contributed by atoms with Gasteiger partial charge in [-0.2, -0.15) is 10.2 Å². The van der Waals surface area contributed by atoms with Crippen molar-refractivity contribution in [3.8, 4) is 0 Å². The Bertz CT molecular complexity index is 490. The second-order valence-corrected chi connectivity index (χ2v) is 3.61. The Morgan fingerprint density at radius 2 is 2.06 bits per heavy atom. The summed E-state index contributed by atoms with van der Waals surface area (Å²) in [5.41, 5.74) is 2.82. The molecule has 0 radical (unpaired) electrons. The van der Waals surface area contributed by atoms with Crippen LogP contribution in [0.4, 0.5) is 5.95 Å². The van der Waals surface area contributed by atoms with E-state index in [1.54, 1.807) is 6.20 Å². The second kappa shape index (κ2) is 4.26. The van der Waals surface area contributed by atoms with Crippen molar-refractivity contribution in [2.75, 3.05) is 5.32 Å². The SMILES string of the molecule is Cc1nnc(NCc2ccnn2C)nc1C. The van der Waals surface area contributed by atoms with Crippen molar-refractivity contribution in [2.45, 2.75) is 20.4 Å². The predicted molar refractivity (Wildman–Crippen MR) is 59.8 cm³/mol. The lowest BCUT2D eigenvalue weighted by Gasteiger charge is -2.05. The smallest absolute Gasteiger partial charge is 0.243 e. The normalized spacial score (nSPS) is 10.4. The summed E-state index contributed by atoms with van der Waals surface area (Å²) in [7, 11) is 1.90. The van der Waals surface area contributed by atoms with Gasteiger partial charge in [0, 0.05) is 13.2 Å². The fourth-order valence-electron chi connectivity index (χ4n) is 1.28. The Hall–Kier alpha value is -1.98. The van der Waals surface area contributed by atoms with Gasteiger partial charge in [-0.3, -0.25) is 4.68 Å². The molecule has 16 heavy (non-hydrogen) atoms. The quantitative estimate of drug-likeness (QED) is 0.826. The molecule has 0 aromatic carbocycles. The molecule has 2 aromatic rings. The van der Waals surface area contributed by atoms with Gasteiger partial charge in [0.1, 0.15) is 0 Å². The highest BCUT2D eigenvalue weighted by Crippen LogP contribution is 2.04. The van der Waals surface area contributed by atoms with Crippen molar-refractivity contribution in [3.05, 3.63) is 29.3 Å². The van der Waals surface area contributed by atoms with E-state index in [9.17, 15) is 0 Å². The molecule has 0 saturated carbocycles. The minimum absolute atomic E-state index is 0.546. The van der Waals surface area contributed by atoms with Crippen LogP contribution in [0.1, 0.15) is 17.1 Å². The molecule has 0 fully saturated rings. The minimum atomic E-state index is 0.546. The molecule has 84 valence electrons. The lowest BCUT2D eigenvalue weighted by molar-refractivity contribution is 0.717. The van der Waals surface area contributed by atoms with Gasteiger partial charge < -0.3 is 5.32 Å². The van der Waals surface area contributed by atoms with Gasteiger partial charge in [-0.05, 0) is 19.9 Å². The van der Waals surface area contributed by atoms with Gasteiger partial charge in [0.05, 0.1) is 23.6 Å². The van der Waals surface area contributed by atoms with Crippen LogP contribution < -0.4 is 5.32 Å². The summed E-state index contributed by atoms with van der Waals surface area (Å²) in [6.07, 6.45) is 1.76. The molecule has 0 amide bonds. The Morgan fingerprint density at radius 3 is 2.69 bits per heavy atom. The summed E-state index contributed by atoms with van der Waals surface area (Å²) in [5, 5.41) is 15.2. The van der Waals surface area contributed by atoms with Crippen molar-refractivity contribution in [1.29, 1.82) is 0 Å². The molecule has 0 saturated heterocycles. The molecule has 0 aliphatic rings. The van der Waals surface area contributed by atoms with Crippen LogP contribution in [-0.4, -0.2) is 25.0 Å². The maximum absolute atomic E-state index is 4.29. The van der Waals surface area contributed by atoms with Crippen molar-refractivity contribution < 1.29 is 0 Å². The van der Waals surface area contributed by atoms with Crippen LogP contribution in [0.2, 0.25) is 0 Å². The highest BCUT2D eigenvalue weighted by atomic mass is 15.3. The number of aryl methyl sites for hydroxylation is 3. The van der Waals surface area contributed by atoms with Crippen LogP contribution in [0.5, 0.6) is 0 Å².